The fourth-order valence-corrected chi connectivity index (χ4v) is 2.62. The van der Waals surface area contributed by atoms with E-state index in [1.807, 2.05) is 0 Å². The summed E-state index contributed by atoms with van der Waals surface area (Å²) in [7, 11) is 0. The van der Waals surface area contributed by atoms with Crippen LogP contribution in [0.2, 0.25) is 0 Å². The van der Waals surface area contributed by atoms with Crippen LogP contribution in [0, 0.1) is 5.41 Å². The highest BCUT2D eigenvalue weighted by Crippen LogP contribution is 2.35. The molecule has 3 nitrogen and oxygen atoms in total. The molecule has 0 heterocycles. The molecule has 0 spiro atoms. The van der Waals surface area contributed by atoms with E-state index >= 15 is 0 Å². The standard InChI is InChI=1S/C14H28N2O/c1-3-4-8-12(11-15)16-13(17)14(2)9-6-5-7-10-14/h12H,3-11,15H2,1-2H3,(H,16,17). The predicted octanol–water partition coefficient (Wildman–Crippen LogP) is 2.59. The number of hydrogen-bond donors (Lipinski definition) is 2. The summed E-state index contributed by atoms with van der Waals surface area (Å²) in [6, 6.07) is 0.168. The molecule has 1 saturated carbocycles. The Hall–Kier alpha value is -0.570. The second-order valence-corrected chi connectivity index (χ2v) is 5.67. The first-order valence-electron chi connectivity index (χ1n) is 7.13. The molecule has 1 unspecified atom stereocenters. The lowest BCUT2D eigenvalue weighted by atomic mass is 9.75. The van der Waals surface area contributed by atoms with Crippen LogP contribution in [0.25, 0.3) is 0 Å². The van der Waals surface area contributed by atoms with E-state index in [9.17, 15) is 4.79 Å². The molecule has 0 bridgehead atoms. The highest BCUT2D eigenvalue weighted by Gasteiger charge is 2.35. The monoisotopic (exact) mass is 240 g/mol. The number of nitrogens with two attached hydrogens (primary N) is 1. The highest BCUT2D eigenvalue weighted by atomic mass is 16.2. The van der Waals surface area contributed by atoms with Gasteiger partial charge in [-0.3, -0.25) is 4.79 Å². The Balaban J connectivity index is 2.45. The molecule has 1 amide bonds. The van der Waals surface area contributed by atoms with Crippen molar-refractivity contribution in [3.63, 3.8) is 0 Å². The molecule has 17 heavy (non-hydrogen) atoms. The number of carbonyl (C=O) groups is 1. The Labute approximate surface area is 106 Å². The maximum atomic E-state index is 12.3. The summed E-state index contributed by atoms with van der Waals surface area (Å²) in [5.74, 6) is 0.226. The number of rotatable bonds is 6. The number of nitrogens with one attached hydrogen (secondary N) is 1. The van der Waals surface area contributed by atoms with Crippen LogP contribution in [0.3, 0.4) is 0 Å². The molecule has 1 rings (SSSR count). The first-order chi connectivity index (χ1) is 8.12. The molecule has 0 aromatic heterocycles. The van der Waals surface area contributed by atoms with E-state index in [0.717, 1.165) is 32.1 Å². The average molecular weight is 240 g/mol. The number of carbonyl (C=O) groups excluding carboxylic acids is 1. The van der Waals surface area contributed by atoms with E-state index in [-0.39, 0.29) is 17.4 Å². The normalized spacial score (nSPS) is 20.9. The number of unbranched alkanes of at least 4 members (excludes halogenated alkanes) is 1. The van der Waals surface area contributed by atoms with Crippen molar-refractivity contribution in [1.29, 1.82) is 0 Å². The van der Waals surface area contributed by atoms with Crippen molar-refractivity contribution in [3.8, 4) is 0 Å². The zero-order valence-corrected chi connectivity index (χ0v) is 11.4. The minimum Gasteiger partial charge on any atom is -0.352 e. The fourth-order valence-electron chi connectivity index (χ4n) is 2.62. The largest absolute Gasteiger partial charge is 0.352 e. The highest BCUT2D eigenvalue weighted by molar-refractivity contribution is 5.82. The summed E-state index contributed by atoms with van der Waals surface area (Å²) in [6.45, 7) is 4.83. The van der Waals surface area contributed by atoms with Gasteiger partial charge in [0.25, 0.3) is 0 Å². The summed E-state index contributed by atoms with van der Waals surface area (Å²) >= 11 is 0. The number of amides is 1. The van der Waals surface area contributed by atoms with Gasteiger partial charge in [-0.2, -0.15) is 0 Å². The van der Waals surface area contributed by atoms with Gasteiger partial charge in [-0.15, -0.1) is 0 Å². The lowest BCUT2D eigenvalue weighted by Crippen LogP contribution is -2.47. The third kappa shape index (κ3) is 4.30. The van der Waals surface area contributed by atoms with Crippen LogP contribution >= 0.6 is 0 Å². The zero-order valence-electron chi connectivity index (χ0n) is 11.4. The van der Waals surface area contributed by atoms with E-state index in [1.165, 1.54) is 19.3 Å². The average Bonchev–Trinajstić information content (AvgIpc) is 2.35. The Morgan fingerprint density at radius 3 is 2.53 bits per heavy atom. The summed E-state index contributed by atoms with van der Waals surface area (Å²) in [4.78, 5) is 12.3. The molecule has 1 aliphatic carbocycles. The summed E-state index contributed by atoms with van der Waals surface area (Å²) in [5, 5.41) is 3.15. The van der Waals surface area contributed by atoms with Crippen LogP contribution in [-0.2, 0) is 4.79 Å². The third-order valence-corrected chi connectivity index (χ3v) is 4.03. The Bertz CT molecular complexity index is 234. The van der Waals surface area contributed by atoms with Crippen molar-refractivity contribution < 1.29 is 4.79 Å². The first-order valence-corrected chi connectivity index (χ1v) is 7.13. The molecular formula is C14H28N2O. The minimum absolute atomic E-state index is 0.141. The molecule has 1 aliphatic rings. The molecule has 100 valence electrons. The molecule has 1 atom stereocenters. The molecule has 0 radical (unpaired) electrons. The van der Waals surface area contributed by atoms with Gasteiger partial charge in [-0.25, -0.2) is 0 Å². The van der Waals surface area contributed by atoms with Gasteiger partial charge in [0.2, 0.25) is 5.91 Å². The Morgan fingerprint density at radius 2 is 2.00 bits per heavy atom. The molecule has 1 fully saturated rings. The minimum atomic E-state index is -0.141. The predicted molar refractivity (Wildman–Crippen MR) is 71.7 cm³/mol. The number of hydrogen-bond acceptors (Lipinski definition) is 2. The van der Waals surface area contributed by atoms with Crippen molar-refractivity contribution in [2.45, 2.75) is 71.3 Å². The van der Waals surface area contributed by atoms with Gasteiger partial charge in [0.15, 0.2) is 0 Å². The third-order valence-electron chi connectivity index (χ3n) is 4.03. The van der Waals surface area contributed by atoms with Gasteiger partial charge in [0, 0.05) is 18.0 Å². The van der Waals surface area contributed by atoms with Crippen LogP contribution in [-0.4, -0.2) is 18.5 Å². The van der Waals surface area contributed by atoms with Crippen molar-refractivity contribution in [2.24, 2.45) is 11.1 Å². The van der Waals surface area contributed by atoms with Crippen LogP contribution in [0.1, 0.15) is 65.2 Å². The zero-order chi connectivity index (χ0) is 12.7. The second-order valence-electron chi connectivity index (χ2n) is 5.67. The lowest BCUT2D eigenvalue weighted by Gasteiger charge is -2.33. The summed E-state index contributed by atoms with van der Waals surface area (Å²) < 4.78 is 0. The lowest BCUT2D eigenvalue weighted by molar-refractivity contribution is -0.132. The van der Waals surface area contributed by atoms with E-state index in [0.29, 0.717) is 6.54 Å². The van der Waals surface area contributed by atoms with E-state index in [4.69, 9.17) is 5.73 Å². The fraction of sp³-hybridized carbons (Fsp3) is 0.929. The molecule has 0 aromatic rings. The van der Waals surface area contributed by atoms with Crippen molar-refractivity contribution in [3.05, 3.63) is 0 Å². The molecule has 3 N–H and O–H groups in total. The van der Waals surface area contributed by atoms with Gasteiger partial charge in [0.05, 0.1) is 0 Å². The first kappa shape index (κ1) is 14.5. The topological polar surface area (TPSA) is 55.1 Å². The van der Waals surface area contributed by atoms with Gasteiger partial charge < -0.3 is 11.1 Å². The maximum Gasteiger partial charge on any atom is 0.226 e. The van der Waals surface area contributed by atoms with E-state index in [2.05, 4.69) is 19.2 Å². The van der Waals surface area contributed by atoms with Crippen molar-refractivity contribution >= 4 is 5.91 Å². The van der Waals surface area contributed by atoms with Gasteiger partial charge in [-0.1, -0.05) is 46.0 Å². The molecular weight excluding hydrogens is 212 g/mol. The van der Waals surface area contributed by atoms with E-state index < -0.39 is 0 Å². The van der Waals surface area contributed by atoms with Crippen molar-refractivity contribution in [1.82, 2.24) is 5.32 Å². The summed E-state index contributed by atoms with van der Waals surface area (Å²) in [5.41, 5.74) is 5.58. The molecule has 3 heteroatoms. The molecule has 0 aromatic carbocycles. The van der Waals surface area contributed by atoms with Crippen LogP contribution in [0.5, 0.6) is 0 Å². The smallest absolute Gasteiger partial charge is 0.226 e. The van der Waals surface area contributed by atoms with Crippen LogP contribution in [0.4, 0.5) is 0 Å². The maximum absolute atomic E-state index is 12.3. The quantitative estimate of drug-likeness (QED) is 0.750. The van der Waals surface area contributed by atoms with Crippen LogP contribution in [0.15, 0.2) is 0 Å². The van der Waals surface area contributed by atoms with Gasteiger partial charge >= 0.3 is 0 Å². The van der Waals surface area contributed by atoms with Crippen molar-refractivity contribution in [2.75, 3.05) is 6.54 Å². The molecule has 0 saturated heterocycles. The molecule has 0 aliphatic heterocycles. The van der Waals surface area contributed by atoms with E-state index in [1.54, 1.807) is 0 Å². The summed E-state index contributed by atoms with van der Waals surface area (Å²) in [6.07, 6.45) is 9.02. The Morgan fingerprint density at radius 1 is 1.35 bits per heavy atom. The Kier molecular flexibility index (Phi) is 5.96. The van der Waals surface area contributed by atoms with Crippen LogP contribution < -0.4 is 11.1 Å². The van der Waals surface area contributed by atoms with Gasteiger partial charge in [-0.05, 0) is 19.3 Å². The van der Waals surface area contributed by atoms with Gasteiger partial charge in [0.1, 0.15) is 0 Å². The SMILES string of the molecule is CCCCC(CN)NC(=O)C1(C)CCCCC1. The second kappa shape index (κ2) is 7.00.